The summed E-state index contributed by atoms with van der Waals surface area (Å²) in [5.74, 6) is 0.481. The van der Waals surface area contributed by atoms with E-state index in [0.717, 1.165) is 10.6 Å². The van der Waals surface area contributed by atoms with E-state index in [4.69, 9.17) is 0 Å². The molecule has 0 heterocycles. The van der Waals surface area contributed by atoms with Gasteiger partial charge >= 0.3 is 0 Å². The van der Waals surface area contributed by atoms with Crippen molar-refractivity contribution in [2.75, 3.05) is 0 Å². The topological polar surface area (TPSA) is 29.4 Å². The summed E-state index contributed by atoms with van der Waals surface area (Å²) in [4.78, 5) is 0. The van der Waals surface area contributed by atoms with Crippen molar-refractivity contribution in [3.8, 4) is 0 Å². The van der Waals surface area contributed by atoms with Gasteiger partial charge in [-0.1, -0.05) is 55.7 Å². The fourth-order valence-electron chi connectivity index (χ4n) is 3.01. The van der Waals surface area contributed by atoms with Crippen LogP contribution in [0.2, 0.25) is 0 Å². The fourth-order valence-corrected chi connectivity index (χ4v) is 5.11. The first-order valence-electron chi connectivity index (χ1n) is 8.06. The molecule has 2 nitrogen and oxygen atoms in total. The van der Waals surface area contributed by atoms with Crippen LogP contribution in [0.15, 0.2) is 65.4 Å². The van der Waals surface area contributed by atoms with Gasteiger partial charge in [-0.3, -0.25) is 4.57 Å². The van der Waals surface area contributed by atoms with Gasteiger partial charge < -0.3 is 0 Å². The van der Waals surface area contributed by atoms with Crippen LogP contribution in [0.4, 0.5) is 0 Å². The molecule has 114 valence electrons. The van der Waals surface area contributed by atoms with Gasteiger partial charge in [-0.15, -0.1) is 0 Å². The van der Waals surface area contributed by atoms with Crippen LogP contribution in [0.25, 0.3) is 0 Å². The summed E-state index contributed by atoms with van der Waals surface area (Å²) in [6, 6.07) is 19.3. The lowest BCUT2D eigenvalue weighted by Crippen LogP contribution is -2.15. The monoisotopic (exact) mass is 311 g/mol. The summed E-state index contributed by atoms with van der Waals surface area (Å²) in [5, 5.41) is 1.63. The van der Waals surface area contributed by atoms with Crippen LogP contribution in [0.1, 0.15) is 32.1 Å². The molecular formula is C19H22NOP. The molecule has 0 radical (unpaired) electrons. The Morgan fingerprint density at radius 3 is 1.82 bits per heavy atom. The second-order valence-electron chi connectivity index (χ2n) is 5.91. The molecule has 0 unspecified atom stereocenters. The Hall–Kier alpha value is -1.66. The van der Waals surface area contributed by atoms with Crippen LogP contribution in [0.5, 0.6) is 0 Å². The third-order valence-corrected chi connectivity index (χ3v) is 6.76. The second-order valence-corrected chi connectivity index (χ2v) is 8.33. The third-order valence-electron chi connectivity index (χ3n) is 4.30. The molecule has 2 aromatic carbocycles. The lowest BCUT2D eigenvalue weighted by Gasteiger charge is -2.19. The lowest BCUT2D eigenvalue weighted by atomic mass is 9.90. The standard InChI is InChI=1S/C19H22NOP/c21-22(18-12-6-2-7-13-18,19-14-8-3-9-15-19)20-16-17-10-4-1-5-11-17/h2-3,6-9,12-17H,1,4-5,10-11H2/b20-16+. The molecule has 0 N–H and O–H groups in total. The van der Waals surface area contributed by atoms with E-state index in [1.807, 2.05) is 66.9 Å². The van der Waals surface area contributed by atoms with Gasteiger partial charge in [-0.25, -0.2) is 4.76 Å². The first kappa shape index (κ1) is 15.2. The Balaban J connectivity index is 1.96. The Bertz CT molecular complexity index is 617. The van der Waals surface area contributed by atoms with E-state index in [2.05, 4.69) is 4.76 Å². The van der Waals surface area contributed by atoms with Crippen LogP contribution in [-0.2, 0) is 4.57 Å². The molecule has 22 heavy (non-hydrogen) atoms. The number of hydrogen-bond donors (Lipinski definition) is 0. The molecule has 1 fully saturated rings. The van der Waals surface area contributed by atoms with Crippen LogP contribution in [0, 0.1) is 5.92 Å². The molecule has 0 atom stereocenters. The molecule has 0 aliphatic heterocycles. The van der Waals surface area contributed by atoms with E-state index in [9.17, 15) is 4.57 Å². The highest BCUT2D eigenvalue weighted by molar-refractivity contribution is 7.77. The van der Waals surface area contributed by atoms with Gasteiger partial charge in [0.05, 0.1) is 0 Å². The summed E-state index contributed by atoms with van der Waals surface area (Å²) in [6.45, 7) is 0. The molecule has 1 aliphatic rings. The van der Waals surface area contributed by atoms with Crippen molar-refractivity contribution in [3.63, 3.8) is 0 Å². The molecule has 0 spiro atoms. The zero-order valence-electron chi connectivity index (χ0n) is 12.8. The molecule has 0 saturated heterocycles. The molecule has 3 rings (SSSR count). The van der Waals surface area contributed by atoms with Gasteiger partial charge in [0.2, 0.25) is 7.29 Å². The Morgan fingerprint density at radius 2 is 1.32 bits per heavy atom. The van der Waals surface area contributed by atoms with E-state index in [0.29, 0.717) is 5.92 Å². The Morgan fingerprint density at radius 1 is 0.818 bits per heavy atom. The van der Waals surface area contributed by atoms with Gasteiger partial charge in [0.15, 0.2) is 0 Å². The van der Waals surface area contributed by atoms with Crippen molar-refractivity contribution in [3.05, 3.63) is 60.7 Å². The summed E-state index contributed by atoms with van der Waals surface area (Å²) in [5.41, 5.74) is 0. The van der Waals surface area contributed by atoms with E-state index in [1.54, 1.807) is 0 Å². The maximum Gasteiger partial charge on any atom is 0.247 e. The summed E-state index contributed by atoms with van der Waals surface area (Å²) >= 11 is 0. The molecule has 1 aliphatic carbocycles. The van der Waals surface area contributed by atoms with E-state index >= 15 is 0 Å². The van der Waals surface area contributed by atoms with Crippen LogP contribution in [0.3, 0.4) is 0 Å². The van der Waals surface area contributed by atoms with Gasteiger partial charge in [-0.2, -0.15) is 0 Å². The van der Waals surface area contributed by atoms with Gasteiger partial charge in [0.1, 0.15) is 0 Å². The molecule has 1 saturated carbocycles. The highest BCUT2D eigenvalue weighted by Gasteiger charge is 2.26. The second kappa shape index (κ2) is 7.07. The Labute approximate surface area is 132 Å². The molecule has 0 bridgehead atoms. The van der Waals surface area contributed by atoms with Crippen molar-refractivity contribution < 1.29 is 4.57 Å². The first-order valence-corrected chi connectivity index (χ1v) is 9.72. The van der Waals surface area contributed by atoms with Crippen LogP contribution in [-0.4, -0.2) is 6.21 Å². The molecule has 2 aromatic rings. The minimum absolute atomic E-state index is 0.481. The maximum atomic E-state index is 13.7. The smallest absolute Gasteiger partial charge is 0.247 e. The summed E-state index contributed by atoms with van der Waals surface area (Å²) < 4.78 is 18.3. The number of hydrogen-bond acceptors (Lipinski definition) is 1. The van der Waals surface area contributed by atoms with E-state index in [1.165, 1.54) is 32.1 Å². The third kappa shape index (κ3) is 3.39. The minimum atomic E-state index is -2.92. The number of rotatable bonds is 4. The van der Waals surface area contributed by atoms with Gasteiger partial charge in [0.25, 0.3) is 0 Å². The average Bonchev–Trinajstić information content (AvgIpc) is 2.62. The van der Waals surface area contributed by atoms with Crippen molar-refractivity contribution in [1.29, 1.82) is 0 Å². The highest BCUT2D eigenvalue weighted by Crippen LogP contribution is 2.45. The first-order chi connectivity index (χ1) is 10.8. The predicted octanol–water partition coefficient (Wildman–Crippen LogP) is 4.57. The fraction of sp³-hybridized carbons (Fsp3) is 0.316. The van der Waals surface area contributed by atoms with Crippen molar-refractivity contribution in [2.45, 2.75) is 32.1 Å². The minimum Gasteiger partial charge on any atom is -0.288 e. The van der Waals surface area contributed by atoms with Gasteiger partial charge in [-0.05, 0) is 43.0 Å². The largest absolute Gasteiger partial charge is 0.288 e. The van der Waals surface area contributed by atoms with Crippen molar-refractivity contribution in [2.24, 2.45) is 10.7 Å². The molecule has 3 heteroatoms. The maximum absolute atomic E-state index is 13.7. The van der Waals surface area contributed by atoms with Crippen molar-refractivity contribution >= 4 is 24.1 Å². The van der Waals surface area contributed by atoms with Crippen LogP contribution < -0.4 is 10.6 Å². The number of benzene rings is 2. The highest BCUT2D eigenvalue weighted by atomic mass is 31.2. The molecule has 0 aromatic heterocycles. The quantitative estimate of drug-likeness (QED) is 0.601. The zero-order chi connectivity index (χ0) is 15.3. The van der Waals surface area contributed by atoms with E-state index in [-0.39, 0.29) is 0 Å². The lowest BCUT2D eigenvalue weighted by molar-refractivity contribution is 0.445. The van der Waals surface area contributed by atoms with E-state index < -0.39 is 7.29 Å². The van der Waals surface area contributed by atoms with Crippen molar-refractivity contribution in [1.82, 2.24) is 0 Å². The summed E-state index contributed by atoms with van der Waals surface area (Å²) in [6.07, 6.45) is 8.16. The average molecular weight is 311 g/mol. The SMILES string of the molecule is O=P(/N=C/C1CCCCC1)(c1ccccc1)c1ccccc1. The molecular weight excluding hydrogens is 289 g/mol. The molecule has 0 amide bonds. The predicted molar refractivity (Wildman–Crippen MR) is 94.8 cm³/mol. The van der Waals surface area contributed by atoms with Gasteiger partial charge in [0, 0.05) is 16.8 Å². The zero-order valence-corrected chi connectivity index (χ0v) is 13.7. The normalized spacial score (nSPS) is 16.9. The number of nitrogens with zero attached hydrogens (tertiary/aromatic N) is 1. The Kier molecular flexibility index (Phi) is 4.90. The van der Waals surface area contributed by atoms with Crippen LogP contribution >= 0.6 is 7.29 Å². The summed E-state index contributed by atoms with van der Waals surface area (Å²) in [7, 11) is -2.92.